The molecule has 1 fully saturated rings. The van der Waals surface area contributed by atoms with Gasteiger partial charge in [0.15, 0.2) is 0 Å². The molecular weight excluding hydrogens is 254 g/mol. The summed E-state index contributed by atoms with van der Waals surface area (Å²) in [5, 5.41) is 0. The molecule has 0 aromatic carbocycles. The molecule has 2 unspecified atom stereocenters. The van der Waals surface area contributed by atoms with Crippen LogP contribution in [0.3, 0.4) is 0 Å². The van der Waals surface area contributed by atoms with Crippen LogP contribution in [0.1, 0.15) is 36.1 Å². The molecule has 0 bridgehead atoms. The van der Waals surface area contributed by atoms with Crippen molar-refractivity contribution in [1.82, 2.24) is 9.80 Å². The zero-order valence-electron chi connectivity index (χ0n) is 12.4. The molecule has 1 saturated heterocycles. The largest absolute Gasteiger partial charge is 0.329 e. The molecule has 2 atom stereocenters. The molecule has 1 aromatic heterocycles. The molecule has 4 heteroatoms. The molecule has 2 rings (SSSR count). The number of thiophene rings is 1. The number of hydrogen-bond acceptors (Lipinski definition) is 4. The van der Waals surface area contributed by atoms with Gasteiger partial charge in [-0.3, -0.25) is 9.80 Å². The first-order valence-corrected chi connectivity index (χ1v) is 8.21. The maximum Gasteiger partial charge on any atom is 0.0565 e. The molecule has 1 aliphatic rings. The van der Waals surface area contributed by atoms with Crippen molar-refractivity contribution in [3.05, 3.63) is 21.9 Å². The first-order valence-electron chi connectivity index (χ1n) is 7.40. The molecule has 0 spiro atoms. The second-order valence-electron chi connectivity index (χ2n) is 5.53. The lowest BCUT2D eigenvalue weighted by Crippen LogP contribution is -2.51. The van der Waals surface area contributed by atoms with Crippen LogP contribution in [0.2, 0.25) is 0 Å². The van der Waals surface area contributed by atoms with Crippen molar-refractivity contribution in [2.45, 2.75) is 39.3 Å². The van der Waals surface area contributed by atoms with E-state index >= 15 is 0 Å². The molecule has 2 heterocycles. The maximum absolute atomic E-state index is 6.02. The van der Waals surface area contributed by atoms with Crippen molar-refractivity contribution in [2.75, 3.05) is 32.7 Å². The van der Waals surface area contributed by atoms with E-state index in [2.05, 4.69) is 42.7 Å². The van der Waals surface area contributed by atoms with Gasteiger partial charge in [-0.2, -0.15) is 0 Å². The predicted octanol–water partition coefficient (Wildman–Crippen LogP) is 2.47. The van der Waals surface area contributed by atoms with Crippen LogP contribution < -0.4 is 5.73 Å². The minimum absolute atomic E-state index is 0.415. The lowest BCUT2D eigenvalue weighted by molar-refractivity contribution is 0.0753. The second-order valence-corrected chi connectivity index (χ2v) is 6.85. The smallest absolute Gasteiger partial charge is 0.0565 e. The SMILES string of the molecule is CCC(C)N1CCN(C(CN)c2ccc(C)s2)CC1. The number of hydrogen-bond donors (Lipinski definition) is 1. The van der Waals surface area contributed by atoms with Crippen LogP contribution in [0.25, 0.3) is 0 Å². The molecule has 0 amide bonds. The minimum atomic E-state index is 0.415. The van der Waals surface area contributed by atoms with E-state index in [0.29, 0.717) is 12.1 Å². The Morgan fingerprint density at radius 3 is 2.32 bits per heavy atom. The maximum atomic E-state index is 6.02. The Morgan fingerprint density at radius 1 is 1.21 bits per heavy atom. The fourth-order valence-corrected chi connectivity index (χ4v) is 3.85. The molecule has 19 heavy (non-hydrogen) atoms. The molecule has 3 nitrogen and oxygen atoms in total. The topological polar surface area (TPSA) is 32.5 Å². The van der Waals surface area contributed by atoms with Crippen molar-refractivity contribution in [1.29, 1.82) is 0 Å². The van der Waals surface area contributed by atoms with Crippen LogP contribution in [0.5, 0.6) is 0 Å². The lowest BCUT2D eigenvalue weighted by atomic mass is 10.1. The van der Waals surface area contributed by atoms with Crippen LogP contribution >= 0.6 is 11.3 Å². The van der Waals surface area contributed by atoms with Crippen LogP contribution in [0.15, 0.2) is 12.1 Å². The van der Waals surface area contributed by atoms with Gasteiger partial charge in [-0.1, -0.05) is 6.92 Å². The standard InChI is InChI=1S/C15H27N3S/c1-4-12(2)17-7-9-18(10-8-17)14(11-16)15-6-5-13(3)19-15/h5-6,12,14H,4,7-11,16H2,1-3H3. The van der Waals surface area contributed by atoms with E-state index in [1.165, 1.54) is 29.3 Å². The van der Waals surface area contributed by atoms with E-state index in [-0.39, 0.29) is 0 Å². The highest BCUT2D eigenvalue weighted by molar-refractivity contribution is 7.12. The fourth-order valence-electron chi connectivity index (χ4n) is 2.83. The number of rotatable bonds is 5. The van der Waals surface area contributed by atoms with E-state index in [0.717, 1.165) is 19.6 Å². The fraction of sp³-hybridized carbons (Fsp3) is 0.733. The Bertz CT molecular complexity index is 382. The van der Waals surface area contributed by atoms with Gasteiger partial charge in [-0.05, 0) is 32.4 Å². The van der Waals surface area contributed by atoms with Crippen molar-refractivity contribution in [3.63, 3.8) is 0 Å². The van der Waals surface area contributed by atoms with Gasteiger partial charge in [-0.15, -0.1) is 11.3 Å². The van der Waals surface area contributed by atoms with Gasteiger partial charge in [0.1, 0.15) is 0 Å². The second kappa shape index (κ2) is 6.84. The zero-order valence-corrected chi connectivity index (χ0v) is 13.2. The molecule has 0 aliphatic carbocycles. The van der Waals surface area contributed by atoms with Crippen molar-refractivity contribution < 1.29 is 0 Å². The summed E-state index contributed by atoms with van der Waals surface area (Å²) in [6.07, 6.45) is 1.24. The summed E-state index contributed by atoms with van der Waals surface area (Å²) in [5.74, 6) is 0. The van der Waals surface area contributed by atoms with Gasteiger partial charge in [0.2, 0.25) is 0 Å². The third kappa shape index (κ3) is 3.57. The van der Waals surface area contributed by atoms with Gasteiger partial charge in [0, 0.05) is 48.5 Å². The Kier molecular flexibility index (Phi) is 5.39. The summed E-state index contributed by atoms with van der Waals surface area (Å²) >= 11 is 1.89. The van der Waals surface area contributed by atoms with Crippen molar-refractivity contribution >= 4 is 11.3 Å². The summed E-state index contributed by atoms with van der Waals surface area (Å²) in [5.41, 5.74) is 6.02. The van der Waals surface area contributed by atoms with Crippen LogP contribution in [-0.2, 0) is 0 Å². The van der Waals surface area contributed by atoms with Crippen molar-refractivity contribution in [2.24, 2.45) is 5.73 Å². The van der Waals surface area contributed by atoms with Crippen molar-refractivity contribution in [3.8, 4) is 0 Å². The first-order chi connectivity index (χ1) is 9.15. The average Bonchev–Trinajstić information content (AvgIpc) is 2.86. The average molecular weight is 281 g/mol. The molecular formula is C15H27N3S. The number of aryl methyl sites for hydroxylation is 1. The minimum Gasteiger partial charge on any atom is -0.329 e. The van der Waals surface area contributed by atoms with E-state index in [4.69, 9.17) is 5.73 Å². The van der Waals surface area contributed by atoms with Crippen LogP contribution in [0.4, 0.5) is 0 Å². The quantitative estimate of drug-likeness (QED) is 0.900. The summed E-state index contributed by atoms with van der Waals surface area (Å²) in [6.45, 7) is 12.1. The number of piperazine rings is 1. The molecule has 108 valence electrons. The van der Waals surface area contributed by atoms with E-state index in [9.17, 15) is 0 Å². The number of nitrogens with two attached hydrogens (primary N) is 1. The first kappa shape index (κ1) is 15.0. The summed E-state index contributed by atoms with van der Waals surface area (Å²) in [6, 6.07) is 5.58. The summed E-state index contributed by atoms with van der Waals surface area (Å²) in [4.78, 5) is 7.97. The Hall–Kier alpha value is -0.420. The third-order valence-corrected chi connectivity index (χ3v) is 5.42. The highest BCUT2D eigenvalue weighted by Gasteiger charge is 2.26. The molecule has 0 radical (unpaired) electrons. The lowest BCUT2D eigenvalue weighted by Gasteiger charge is -2.40. The van der Waals surface area contributed by atoms with E-state index in [1.807, 2.05) is 11.3 Å². The van der Waals surface area contributed by atoms with E-state index < -0.39 is 0 Å². The third-order valence-electron chi connectivity index (χ3n) is 4.32. The Labute approximate surface area is 121 Å². The molecule has 1 aromatic rings. The Balaban J connectivity index is 1.95. The summed E-state index contributed by atoms with van der Waals surface area (Å²) < 4.78 is 0. The van der Waals surface area contributed by atoms with Gasteiger partial charge >= 0.3 is 0 Å². The molecule has 2 N–H and O–H groups in total. The molecule has 0 saturated carbocycles. The predicted molar refractivity (Wildman–Crippen MR) is 83.8 cm³/mol. The summed E-state index contributed by atoms with van der Waals surface area (Å²) in [7, 11) is 0. The highest BCUT2D eigenvalue weighted by Crippen LogP contribution is 2.28. The van der Waals surface area contributed by atoms with E-state index in [1.54, 1.807) is 0 Å². The van der Waals surface area contributed by atoms with Crippen LogP contribution in [-0.4, -0.2) is 48.6 Å². The monoisotopic (exact) mass is 281 g/mol. The highest BCUT2D eigenvalue weighted by atomic mass is 32.1. The van der Waals surface area contributed by atoms with Gasteiger partial charge in [-0.25, -0.2) is 0 Å². The van der Waals surface area contributed by atoms with Gasteiger partial charge in [0.05, 0.1) is 6.04 Å². The Morgan fingerprint density at radius 2 is 1.84 bits per heavy atom. The number of nitrogens with zero attached hydrogens (tertiary/aromatic N) is 2. The van der Waals surface area contributed by atoms with Gasteiger partial charge < -0.3 is 5.73 Å². The zero-order chi connectivity index (χ0) is 13.8. The molecule has 1 aliphatic heterocycles. The van der Waals surface area contributed by atoms with Gasteiger partial charge in [0.25, 0.3) is 0 Å². The van der Waals surface area contributed by atoms with Crippen LogP contribution in [0, 0.1) is 6.92 Å². The normalized spacial score (nSPS) is 21.5.